The van der Waals surface area contributed by atoms with Crippen LogP contribution in [0.4, 0.5) is 5.69 Å². The average Bonchev–Trinajstić information content (AvgIpc) is 2.68. The van der Waals surface area contributed by atoms with Crippen LogP contribution >= 0.6 is 12.4 Å². The smallest absolute Gasteiger partial charge is 0.253 e. The van der Waals surface area contributed by atoms with Gasteiger partial charge in [0.25, 0.3) is 5.91 Å². The maximum absolute atomic E-state index is 12.5. The van der Waals surface area contributed by atoms with Crippen LogP contribution in [0, 0.1) is 0 Å². The fraction of sp³-hybridized carbons (Fsp3) is 0.300. The maximum Gasteiger partial charge on any atom is 0.253 e. The Bertz CT molecular complexity index is 744. The number of nitrogen functional groups attached to an aromatic ring is 1. The first-order valence-electron chi connectivity index (χ1n) is 8.79. The highest BCUT2D eigenvalue weighted by atomic mass is 35.5. The lowest BCUT2D eigenvalue weighted by molar-refractivity contribution is -0.122. The summed E-state index contributed by atoms with van der Waals surface area (Å²) in [6.45, 7) is 3.52. The highest BCUT2D eigenvalue weighted by Crippen LogP contribution is 2.11. The summed E-state index contributed by atoms with van der Waals surface area (Å²) in [6.07, 6.45) is 0. The van der Waals surface area contributed by atoms with Crippen LogP contribution in [0.15, 0.2) is 54.6 Å². The van der Waals surface area contributed by atoms with Gasteiger partial charge in [0.2, 0.25) is 5.91 Å². The Kier molecular flexibility index (Phi) is 7.64. The van der Waals surface area contributed by atoms with Crippen LogP contribution in [0.1, 0.15) is 15.9 Å². The van der Waals surface area contributed by atoms with Gasteiger partial charge in [-0.25, -0.2) is 0 Å². The SMILES string of the molecule is Cl.Nc1ccc(C(=O)N2CCN(CC(=O)NCc3ccccc3)CC2)cc1. The Morgan fingerprint density at radius 1 is 0.926 bits per heavy atom. The lowest BCUT2D eigenvalue weighted by atomic mass is 10.1. The Balaban J connectivity index is 0.00000261. The largest absolute Gasteiger partial charge is 0.399 e. The molecule has 0 saturated carbocycles. The number of hydrogen-bond donors (Lipinski definition) is 2. The normalized spacial score (nSPS) is 14.3. The molecule has 0 aromatic heterocycles. The summed E-state index contributed by atoms with van der Waals surface area (Å²) >= 11 is 0. The minimum Gasteiger partial charge on any atom is -0.399 e. The van der Waals surface area contributed by atoms with Crippen molar-refractivity contribution >= 4 is 29.9 Å². The molecule has 1 fully saturated rings. The van der Waals surface area contributed by atoms with Gasteiger partial charge in [0.1, 0.15) is 0 Å². The van der Waals surface area contributed by atoms with Gasteiger partial charge in [0, 0.05) is 44.0 Å². The highest BCUT2D eigenvalue weighted by Gasteiger charge is 2.23. The predicted molar refractivity (Wildman–Crippen MR) is 109 cm³/mol. The second-order valence-corrected chi connectivity index (χ2v) is 6.45. The Morgan fingerprint density at radius 3 is 2.19 bits per heavy atom. The summed E-state index contributed by atoms with van der Waals surface area (Å²) in [5.74, 6) is 0.0188. The van der Waals surface area contributed by atoms with Gasteiger partial charge < -0.3 is 16.0 Å². The number of nitrogens with zero attached hydrogens (tertiary/aromatic N) is 2. The molecule has 0 spiro atoms. The molecule has 27 heavy (non-hydrogen) atoms. The molecule has 7 heteroatoms. The summed E-state index contributed by atoms with van der Waals surface area (Å²) in [7, 11) is 0. The molecule has 2 aromatic rings. The topological polar surface area (TPSA) is 78.7 Å². The monoisotopic (exact) mass is 388 g/mol. The van der Waals surface area contributed by atoms with E-state index >= 15 is 0 Å². The van der Waals surface area contributed by atoms with Crippen molar-refractivity contribution in [3.05, 3.63) is 65.7 Å². The molecule has 0 radical (unpaired) electrons. The number of hydrogen-bond acceptors (Lipinski definition) is 4. The van der Waals surface area contributed by atoms with Gasteiger partial charge in [-0.2, -0.15) is 0 Å². The number of nitrogens with two attached hydrogens (primary N) is 1. The Morgan fingerprint density at radius 2 is 1.56 bits per heavy atom. The van der Waals surface area contributed by atoms with Gasteiger partial charge >= 0.3 is 0 Å². The summed E-state index contributed by atoms with van der Waals surface area (Å²) in [4.78, 5) is 28.5. The number of carbonyl (C=O) groups is 2. The van der Waals surface area contributed by atoms with Crippen molar-refractivity contribution in [2.24, 2.45) is 0 Å². The molecule has 0 aliphatic carbocycles. The fourth-order valence-corrected chi connectivity index (χ4v) is 2.97. The number of halogens is 1. The number of piperazine rings is 1. The fourth-order valence-electron chi connectivity index (χ4n) is 2.97. The molecule has 0 atom stereocenters. The third kappa shape index (κ3) is 5.98. The van der Waals surface area contributed by atoms with Gasteiger partial charge in [0.05, 0.1) is 6.54 Å². The van der Waals surface area contributed by atoms with Crippen LogP contribution in [0.25, 0.3) is 0 Å². The van der Waals surface area contributed by atoms with E-state index in [-0.39, 0.29) is 24.2 Å². The van der Waals surface area contributed by atoms with Crippen molar-refractivity contribution in [1.82, 2.24) is 15.1 Å². The van der Waals surface area contributed by atoms with Crippen molar-refractivity contribution in [1.29, 1.82) is 0 Å². The van der Waals surface area contributed by atoms with Crippen LogP contribution < -0.4 is 11.1 Å². The van der Waals surface area contributed by atoms with E-state index in [1.54, 1.807) is 24.3 Å². The lowest BCUT2D eigenvalue weighted by Gasteiger charge is -2.34. The van der Waals surface area contributed by atoms with Gasteiger partial charge in [-0.15, -0.1) is 12.4 Å². The molecule has 1 aliphatic rings. The van der Waals surface area contributed by atoms with E-state index in [1.165, 1.54) is 0 Å². The molecule has 1 saturated heterocycles. The minimum atomic E-state index is 0. The number of benzene rings is 2. The summed E-state index contributed by atoms with van der Waals surface area (Å²) in [5, 5.41) is 2.94. The third-order valence-corrected chi connectivity index (χ3v) is 4.52. The molecule has 144 valence electrons. The second-order valence-electron chi connectivity index (χ2n) is 6.45. The molecular weight excluding hydrogens is 364 g/mol. The van der Waals surface area contributed by atoms with Crippen LogP contribution in [-0.2, 0) is 11.3 Å². The van der Waals surface area contributed by atoms with Gasteiger partial charge in [-0.1, -0.05) is 30.3 Å². The highest BCUT2D eigenvalue weighted by molar-refractivity contribution is 5.94. The zero-order valence-corrected chi connectivity index (χ0v) is 16.0. The zero-order chi connectivity index (χ0) is 18.4. The third-order valence-electron chi connectivity index (χ3n) is 4.52. The van der Waals surface area contributed by atoms with E-state index in [9.17, 15) is 9.59 Å². The van der Waals surface area contributed by atoms with Gasteiger partial charge in [0.15, 0.2) is 0 Å². The van der Waals surface area contributed by atoms with Gasteiger partial charge in [-0.3, -0.25) is 14.5 Å². The Hall–Kier alpha value is -2.57. The zero-order valence-electron chi connectivity index (χ0n) is 15.1. The van der Waals surface area contributed by atoms with E-state index in [0.717, 1.165) is 5.56 Å². The molecule has 0 unspecified atom stereocenters. The molecule has 2 aromatic carbocycles. The molecule has 3 N–H and O–H groups in total. The molecule has 6 nitrogen and oxygen atoms in total. The first-order valence-corrected chi connectivity index (χ1v) is 8.79. The van der Waals surface area contributed by atoms with E-state index in [2.05, 4.69) is 10.2 Å². The van der Waals surface area contributed by atoms with Crippen molar-refractivity contribution in [2.45, 2.75) is 6.54 Å². The summed E-state index contributed by atoms with van der Waals surface area (Å²) in [6, 6.07) is 16.8. The number of anilines is 1. The number of amides is 2. The standard InChI is InChI=1S/C20H24N4O2.ClH/c21-18-8-6-17(7-9-18)20(26)24-12-10-23(11-13-24)15-19(25)22-14-16-4-2-1-3-5-16;/h1-9H,10-15,21H2,(H,22,25);1H. The number of nitrogens with one attached hydrogen (secondary N) is 1. The van der Waals surface area contributed by atoms with E-state index < -0.39 is 0 Å². The van der Waals surface area contributed by atoms with Crippen molar-refractivity contribution in [3.63, 3.8) is 0 Å². The molecule has 1 heterocycles. The van der Waals surface area contributed by atoms with Crippen molar-refractivity contribution < 1.29 is 9.59 Å². The van der Waals surface area contributed by atoms with Crippen LogP contribution in [0.2, 0.25) is 0 Å². The van der Waals surface area contributed by atoms with E-state index in [4.69, 9.17) is 5.73 Å². The van der Waals surface area contributed by atoms with Crippen LogP contribution in [0.3, 0.4) is 0 Å². The van der Waals surface area contributed by atoms with Crippen LogP contribution in [0.5, 0.6) is 0 Å². The number of rotatable bonds is 5. The number of carbonyl (C=O) groups excluding carboxylic acids is 2. The molecule has 1 aliphatic heterocycles. The average molecular weight is 389 g/mol. The quantitative estimate of drug-likeness (QED) is 0.765. The Labute approximate surface area is 165 Å². The first-order chi connectivity index (χ1) is 12.6. The minimum absolute atomic E-state index is 0. The first kappa shape index (κ1) is 20.7. The second kappa shape index (κ2) is 9.94. The van der Waals surface area contributed by atoms with E-state index in [1.807, 2.05) is 35.2 Å². The van der Waals surface area contributed by atoms with Crippen LogP contribution in [-0.4, -0.2) is 54.3 Å². The lowest BCUT2D eigenvalue weighted by Crippen LogP contribution is -2.51. The molecule has 3 rings (SSSR count). The summed E-state index contributed by atoms with van der Waals surface area (Å²) < 4.78 is 0. The van der Waals surface area contributed by atoms with Crippen molar-refractivity contribution in [3.8, 4) is 0 Å². The molecular formula is C20H25ClN4O2. The van der Waals surface area contributed by atoms with E-state index in [0.29, 0.717) is 50.5 Å². The van der Waals surface area contributed by atoms with Gasteiger partial charge in [-0.05, 0) is 29.8 Å². The maximum atomic E-state index is 12.5. The molecule has 0 bridgehead atoms. The summed E-state index contributed by atoms with van der Waals surface area (Å²) in [5.41, 5.74) is 8.04. The molecule has 2 amide bonds. The predicted octanol–water partition coefficient (Wildman–Crippen LogP) is 1.76. The van der Waals surface area contributed by atoms with Crippen molar-refractivity contribution in [2.75, 3.05) is 38.5 Å².